The van der Waals surface area contributed by atoms with Crippen molar-refractivity contribution >= 4 is 0 Å². The molecule has 0 aliphatic carbocycles. The maximum Gasteiger partial charge on any atom is 0.0791 e. The molecule has 1 rings (SSSR count). The van der Waals surface area contributed by atoms with Crippen LogP contribution in [0.15, 0.2) is 0 Å². The first-order valence-electron chi connectivity index (χ1n) is 7.01. The van der Waals surface area contributed by atoms with Gasteiger partial charge in [0.2, 0.25) is 0 Å². The second-order valence-electron chi connectivity index (χ2n) is 4.83. The number of likely N-dealkylation sites (tertiary alicyclic amines) is 1. The van der Waals surface area contributed by atoms with Crippen LogP contribution < -0.4 is 5.32 Å². The molecule has 0 bridgehead atoms. The third-order valence-electron chi connectivity index (χ3n) is 3.11. The Bertz CT molecular complexity index is 173. The minimum Gasteiger partial charge on any atom is -0.390 e. The van der Waals surface area contributed by atoms with Gasteiger partial charge in [-0.1, -0.05) is 13.3 Å². The molecule has 2 N–H and O–H groups in total. The third kappa shape index (κ3) is 7.71. The summed E-state index contributed by atoms with van der Waals surface area (Å²) in [6.45, 7) is 8.38. The van der Waals surface area contributed by atoms with Crippen molar-refractivity contribution in [3.05, 3.63) is 0 Å². The molecule has 17 heavy (non-hydrogen) atoms. The molecule has 1 unspecified atom stereocenters. The Kier molecular flexibility index (Phi) is 8.61. The smallest absolute Gasteiger partial charge is 0.0791 e. The van der Waals surface area contributed by atoms with E-state index in [2.05, 4.69) is 17.1 Å². The number of nitrogens with one attached hydrogen (secondary N) is 1. The number of rotatable bonds is 10. The summed E-state index contributed by atoms with van der Waals surface area (Å²) in [7, 11) is 0. The van der Waals surface area contributed by atoms with Crippen molar-refractivity contribution in [2.75, 3.05) is 45.9 Å². The largest absolute Gasteiger partial charge is 0.390 e. The maximum atomic E-state index is 9.81. The molecule has 1 atom stereocenters. The Hall–Kier alpha value is -0.160. The zero-order valence-corrected chi connectivity index (χ0v) is 11.2. The quantitative estimate of drug-likeness (QED) is 0.559. The van der Waals surface area contributed by atoms with Gasteiger partial charge < -0.3 is 20.1 Å². The van der Waals surface area contributed by atoms with Crippen LogP contribution in [-0.2, 0) is 4.74 Å². The topological polar surface area (TPSA) is 44.7 Å². The molecular formula is C13H28N2O2. The van der Waals surface area contributed by atoms with Crippen molar-refractivity contribution in [2.24, 2.45) is 0 Å². The summed E-state index contributed by atoms with van der Waals surface area (Å²) in [6, 6.07) is 0. The number of β-amino-alcohol motifs (C(OH)–C–C–N with tert-alkyl or cyclic N) is 1. The molecule has 0 aromatic carbocycles. The number of aliphatic hydroxyl groups excluding tert-OH is 1. The van der Waals surface area contributed by atoms with Gasteiger partial charge in [-0.05, 0) is 32.4 Å². The monoisotopic (exact) mass is 244 g/mol. The van der Waals surface area contributed by atoms with Crippen LogP contribution in [0.3, 0.4) is 0 Å². The first kappa shape index (κ1) is 14.9. The normalized spacial score (nSPS) is 18.7. The van der Waals surface area contributed by atoms with Gasteiger partial charge in [-0.25, -0.2) is 0 Å². The molecule has 0 saturated carbocycles. The molecule has 4 heteroatoms. The number of hydrogen-bond acceptors (Lipinski definition) is 4. The molecule has 4 nitrogen and oxygen atoms in total. The second-order valence-corrected chi connectivity index (χ2v) is 4.83. The molecule has 1 heterocycles. The van der Waals surface area contributed by atoms with Crippen LogP contribution in [0.4, 0.5) is 0 Å². The van der Waals surface area contributed by atoms with Crippen LogP contribution in [0.5, 0.6) is 0 Å². The van der Waals surface area contributed by atoms with Crippen LogP contribution in [0.1, 0.15) is 32.6 Å². The third-order valence-corrected chi connectivity index (χ3v) is 3.11. The summed E-state index contributed by atoms with van der Waals surface area (Å²) in [5.41, 5.74) is 0. The highest BCUT2D eigenvalue weighted by atomic mass is 16.5. The number of unbranched alkanes of at least 4 members (excludes halogenated alkanes) is 1. The predicted octanol–water partition coefficient (Wildman–Crippen LogP) is 0.849. The lowest BCUT2D eigenvalue weighted by Gasteiger charge is -2.19. The summed E-state index contributed by atoms with van der Waals surface area (Å²) >= 11 is 0. The van der Waals surface area contributed by atoms with Crippen LogP contribution in [-0.4, -0.2) is 62.0 Å². The fourth-order valence-electron chi connectivity index (χ4n) is 2.09. The Morgan fingerprint density at radius 2 is 2.06 bits per heavy atom. The zero-order valence-electron chi connectivity index (χ0n) is 11.2. The highest BCUT2D eigenvalue weighted by Gasteiger charge is 2.14. The van der Waals surface area contributed by atoms with Gasteiger partial charge in [0.05, 0.1) is 12.7 Å². The van der Waals surface area contributed by atoms with Gasteiger partial charge in [-0.3, -0.25) is 0 Å². The molecule has 1 fully saturated rings. The molecule has 102 valence electrons. The fourth-order valence-corrected chi connectivity index (χ4v) is 2.09. The fraction of sp³-hybridized carbons (Fsp3) is 1.00. The minimum absolute atomic E-state index is 0.247. The Morgan fingerprint density at radius 1 is 1.29 bits per heavy atom. The van der Waals surface area contributed by atoms with Gasteiger partial charge in [0.25, 0.3) is 0 Å². The molecular weight excluding hydrogens is 216 g/mol. The van der Waals surface area contributed by atoms with Crippen molar-refractivity contribution < 1.29 is 9.84 Å². The first-order valence-corrected chi connectivity index (χ1v) is 7.01. The Labute approximate surface area is 105 Å². The van der Waals surface area contributed by atoms with E-state index in [4.69, 9.17) is 4.74 Å². The molecule has 1 aliphatic heterocycles. The van der Waals surface area contributed by atoms with Crippen LogP contribution in [0.2, 0.25) is 0 Å². The number of aliphatic hydroxyl groups is 1. The summed E-state index contributed by atoms with van der Waals surface area (Å²) in [5.74, 6) is 0. The van der Waals surface area contributed by atoms with Crippen LogP contribution in [0.25, 0.3) is 0 Å². The highest BCUT2D eigenvalue weighted by Crippen LogP contribution is 2.07. The molecule has 1 saturated heterocycles. The van der Waals surface area contributed by atoms with E-state index in [9.17, 15) is 5.11 Å². The predicted molar refractivity (Wildman–Crippen MR) is 70.3 cm³/mol. The van der Waals surface area contributed by atoms with E-state index in [0.717, 1.165) is 45.8 Å². The Balaban J connectivity index is 1.84. The van der Waals surface area contributed by atoms with Crippen molar-refractivity contribution in [2.45, 2.75) is 38.7 Å². The van der Waals surface area contributed by atoms with E-state index in [0.29, 0.717) is 6.54 Å². The summed E-state index contributed by atoms with van der Waals surface area (Å²) in [6.07, 6.45) is 4.64. The maximum absolute atomic E-state index is 9.81. The standard InChI is InChI=1S/C13H28N2O2/c1-2-3-9-17-10-6-14-11-13(16)12-15-7-4-5-8-15/h13-14,16H,2-12H2,1H3. The van der Waals surface area contributed by atoms with E-state index in [1.54, 1.807) is 0 Å². The van der Waals surface area contributed by atoms with Gasteiger partial charge >= 0.3 is 0 Å². The lowest BCUT2D eigenvalue weighted by atomic mass is 10.3. The van der Waals surface area contributed by atoms with Gasteiger partial charge in [0.1, 0.15) is 0 Å². The van der Waals surface area contributed by atoms with Crippen LogP contribution >= 0.6 is 0 Å². The lowest BCUT2D eigenvalue weighted by molar-refractivity contribution is 0.110. The molecule has 0 radical (unpaired) electrons. The Morgan fingerprint density at radius 3 is 2.76 bits per heavy atom. The zero-order chi connectivity index (χ0) is 12.3. The highest BCUT2D eigenvalue weighted by molar-refractivity contribution is 4.71. The molecule has 0 aromatic rings. The SMILES string of the molecule is CCCCOCCNCC(O)CN1CCCC1. The number of ether oxygens (including phenoxy) is 1. The van der Waals surface area contributed by atoms with Crippen LogP contribution in [0, 0.1) is 0 Å². The second kappa shape index (κ2) is 9.83. The lowest BCUT2D eigenvalue weighted by Crippen LogP contribution is -2.38. The van der Waals surface area contributed by atoms with E-state index in [1.165, 1.54) is 19.3 Å². The molecule has 1 aliphatic rings. The first-order chi connectivity index (χ1) is 8.33. The average molecular weight is 244 g/mol. The molecule has 0 spiro atoms. The summed E-state index contributed by atoms with van der Waals surface area (Å²) in [5, 5.41) is 13.0. The number of nitrogens with zero attached hydrogens (tertiary/aromatic N) is 1. The summed E-state index contributed by atoms with van der Waals surface area (Å²) in [4.78, 5) is 2.34. The van der Waals surface area contributed by atoms with E-state index >= 15 is 0 Å². The summed E-state index contributed by atoms with van der Waals surface area (Å²) < 4.78 is 5.43. The van der Waals surface area contributed by atoms with Gasteiger partial charge in [0.15, 0.2) is 0 Å². The minimum atomic E-state index is -0.247. The van der Waals surface area contributed by atoms with Crippen molar-refractivity contribution in [1.82, 2.24) is 10.2 Å². The van der Waals surface area contributed by atoms with Crippen molar-refractivity contribution in [3.63, 3.8) is 0 Å². The van der Waals surface area contributed by atoms with Gasteiger partial charge in [-0.2, -0.15) is 0 Å². The van der Waals surface area contributed by atoms with E-state index < -0.39 is 0 Å². The average Bonchev–Trinajstić information content (AvgIpc) is 2.80. The van der Waals surface area contributed by atoms with Gasteiger partial charge in [0, 0.05) is 26.2 Å². The van der Waals surface area contributed by atoms with E-state index in [1.807, 2.05) is 0 Å². The van der Waals surface area contributed by atoms with E-state index in [-0.39, 0.29) is 6.10 Å². The van der Waals surface area contributed by atoms with Crippen molar-refractivity contribution in [1.29, 1.82) is 0 Å². The molecule has 0 aromatic heterocycles. The van der Waals surface area contributed by atoms with Gasteiger partial charge in [-0.15, -0.1) is 0 Å². The number of hydrogen-bond donors (Lipinski definition) is 2. The molecule has 0 amide bonds. The van der Waals surface area contributed by atoms with Crippen molar-refractivity contribution in [3.8, 4) is 0 Å².